The van der Waals surface area contributed by atoms with E-state index < -0.39 is 0 Å². The van der Waals surface area contributed by atoms with E-state index in [1.165, 1.54) is 11.3 Å². The monoisotopic (exact) mass is 301 g/mol. The highest BCUT2D eigenvalue weighted by Crippen LogP contribution is 2.30. The maximum absolute atomic E-state index is 12.4. The van der Waals surface area contributed by atoms with Crippen LogP contribution in [0.25, 0.3) is 0 Å². The molecule has 110 valence electrons. The second kappa shape index (κ2) is 6.26. The molecule has 5 heteroatoms. The van der Waals surface area contributed by atoms with Crippen molar-refractivity contribution in [1.29, 1.82) is 0 Å². The lowest BCUT2D eigenvalue weighted by Gasteiger charge is -2.10. The number of hydrogen-bond donors (Lipinski definition) is 2. The summed E-state index contributed by atoms with van der Waals surface area (Å²) in [6.07, 6.45) is 4.34. The van der Waals surface area contributed by atoms with Crippen molar-refractivity contribution in [3.05, 3.63) is 40.4 Å². The van der Waals surface area contributed by atoms with E-state index in [0.717, 1.165) is 42.3 Å². The number of benzene rings is 1. The minimum absolute atomic E-state index is 0.0957. The van der Waals surface area contributed by atoms with Crippen molar-refractivity contribution in [2.45, 2.75) is 32.6 Å². The van der Waals surface area contributed by atoms with Crippen molar-refractivity contribution < 1.29 is 4.79 Å². The van der Waals surface area contributed by atoms with Crippen LogP contribution in [-0.2, 0) is 12.8 Å². The second-order valence-corrected chi connectivity index (χ2v) is 6.25. The summed E-state index contributed by atoms with van der Waals surface area (Å²) in [5.41, 5.74) is 2.70. The quantitative estimate of drug-likeness (QED) is 0.885. The third-order valence-electron chi connectivity index (χ3n) is 3.55. The minimum atomic E-state index is -0.0957. The lowest BCUT2D eigenvalue weighted by molar-refractivity contribution is 0.102. The third kappa shape index (κ3) is 3.08. The van der Waals surface area contributed by atoms with Crippen molar-refractivity contribution in [2.75, 3.05) is 17.2 Å². The SMILES string of the molecule is CCCNc1ccccc1C(=O)Nc1nc2c(s1)CCC2. The number of rotatable bonds is 5. The lowest BCUT2D eigenvalue weighted by atomic mass is 10.1. The van der Waals surface area contributed by atoms with Crippen LogP contribution in [-0.4, -0.2) is 17.4 Å². The maximum atomic E-state index is 12.4. The Hall–Kier alpha value is -1.88. The Morgan fingerprint density at radius 3 is 3.00 bits per heavy atom. The van der Waals surface area contributed by atoms with Gasteiger partial charge in [0.1, 0.15) is 0 Å². The van der Waals surface area contributed by atoms with Crippen molar-refractivity contribution in [2.24, 2.45) is 0 Å². The molecule has 1 heterocycles. The average molecular weight is 301 g/mol. The number of aromatic nitrogens is 1. The molecule has 1 aromatic heterocycles. The van der Waals surface area contributed by atoms with E-state index in [1.54, 1.807) is 11.3 Å². The summed E-state index contributed by atoms with van der Waals surface area (Å²) in [5, 5.41) is 6.94. The number of para-hydroxylation sites is 1. The standard InChI is InChI=1S/C16H19N3OS/c1-2-10-17-12-7-4-3-6-11(12)15(20)19-16-18-13-8-5-9-14(13)21-16/h3-4,6-7,17H,2,5,8-10H2,1H3,(H,18,19,20). The molecular weight excluding hydrogens is 282 g/mol. The normalized spacial score (nSPS) is 13.0. The first kappa shape index (κ1) is 14.1. The molecule has 21 heavy (non-hydrogen) atoms. The first-order valence-corrected chi connectivity index (χ1v) is 8.22. The van der Waals surface area contributed by atoms with E-state index in [1.807, 2.05) is 24.3 Å². The highest BCUT2D eigenvalue weighted by molar-refractivity contribution is 7.16. The molecule has 0 unspecified atom stereocenters. The fourth-order valence-corrected chi connectivity index (χ4v) is 3.55. The number of fused-ring (bicyclic) bond motifs is 1. The van der Waals surface area contributed by atoms with E-state index in [0.29, 0.717) is 5.56 Å². The predicted molar refractivity (Wildman–Crippen MR) is 87.3 cm³/mol. The van der Waals surface area contributed by atoms with Crippen molar-refractivity contribution in [3.63, 3.8) is 0 Å². The van der Waals surface area contributed by atoms with Gasteiger partial charge < -0.3 is 5.32 Å². The van der Waals surface area contributed by atoms with Gasteiger partial charge in [0.15, 0.2) is 5.13 Å². The lowest BCUT2D eigenvalue weighted by Crippen LogP contribution is -2.15. The van der Waals surface area contributed by atoms with E-state index >= 15 is 0 Å². The zero-order chi connectivity index (χ0) is 14.7. The molecule has 0 fully saturated rings. The number of thiazole rings is 1. The molecule has 3 rings (SSSR count). The van der Waals surface area contributed by atoms with Crippen molar-refractivity contribution in [3.8, 4) is 0 Å². The number of nitrogens with zero attached hydrogens (tertiary/aromatic N) is 1. The third-order valence-corrected chi connectivity index (χ3v) is 4.63. The van der Waals surface area contributed by atoms with Gasteiger partial charge in [0.25, 0.3) is 5.91 Å². The first-order valence-electron chi connectivity index (χ1n) is 7.40. The van der Waals surface area contributed by atoms with Crippen LogP contribution in [0.3, 0.4) is 0 Å². The minimum Gasteiger partial charge on any atom is -0.384 e. The molecule has 0 aliphatic heterocycles. The van der Waals surface area contributed by atoms with Crippen LogP contribution in [0.1, 0.15) is 40.7 Å². The van der Waals surface area contributed by atoms with E-state index in [2.05, 4.69) is 22.5 Å². The largest absolute Gasteiger partial charge is 0.384 e. The van der Waals surface area contributed by atoms with Gasteiger partial charge in [-0.2, -0.15) is 0 Å². The van der Waals surface area contributed by atoms with Gasteiger partial charge in [0, 0.05) is 17.1 Å². The van der Waals surface area contributed by atoms with Crippen LogP contribution in [0.15, 0.2) is 24.3 Å². The van der Waals surface area contributed by atoms with Crippen LogP contribution in [0, 0.1) is 0 Å². The smallest absolute Gasteiger partial charge is 0.259 e. The molecule has 1 aliphatic carbocycles. The number of anilines is 2. The predicted octanol–water partition coefficient (Wildman–Crippen LogP) is 3.71. The number of hydrogen-bond acceptors (Lipinski definition) is 4. The Bertz CT molecular complexity index is 629. The van der Waals surface area contributed by atoms with Crippen LogP contribution in [0.2, 0.25) is 0 Å². The number of carbonyl (C=O) groups is 1. The zero-order valence-corrected chi connectivity index (χ0v) is 12.9. The van der Waals surface area contributed by atoms with E-state index in [-0.39, 0.29) is 5.91 Å². The van der Waals surface area contributed by atoms with E-state index in [9.17, 15) is 4.79 Å². The summed E-state index contributed by atoms with van der Waals surface area (Å²) >= 11 is 1.61. The van der Waals surface area contributed by atoms with Crippen LogP contribution in [0.4, 0.5) is 10.8 Å². The molecule has 0 atom stereocenters. The van der Waals surface area contributed by atoms with Crippen LogP contribution in [0.5, 0.6) is 0 Å². The molecule has 1 aromatic carbocycles. The Morgan fingerprint density at radius 1 is 1.33 bits per heavy atom. The van der Waals surface area contributed by atoms with Crippen LogP contribution >= 0.6 is 11.3 Å². The summed E-state index contributed by atoms with van der Waals surface area (Å²) in [5.74, 6) is -0.0957. The van der Waals surface area contributed by atoms with Gasteiger partial charge in [0.05, 0.1) is 11.3 Å². The van der Waals surface area contributed by atoms with Crippen molar-refractivity contribution in [1.82, 2.24) is 4.98 Å². The first-order chi connectivity index (χ1) is 10.3. The van der Waals surface area contributed by atoms with Gasteiger partial charge in [0.2, 0.25) is 0 Å². The Labute approximate surface area is 128 Å². The van der Waals surface area contributed by atoms with Crippen LogP contribution < -0.4 is 10.6 Å². The van der Waals surface area contributed by atoms with Gasteiger partial charge >= 0.3 is 0 Å². The average Bonchev–Trinajstić information content (AvgIpc) is 3.06. The zero-order valence-electron chi connectivity index (χ0n) is 12.1. The fourth-order valence-electron chi connectivity index (χ4n) is 2.50. The summed E-state index contributed by atoms with van der Waals surface area (Å²) < 4.78 is 0. The molecule has 0 saturated heterocycles. The highest BCUT2D eigenvalue weighted by Gasteiger charge is 2.19. The van der Waals surface area contributed by atoms with E-state index in [4.69, 9.17) is 0 Å². The number of amides is 1. The van der Waals surface area contributed by atoms with Gasteiger partial charge in [-0.3, -0.25) is 10.1 Å². The maximum Gasteiger partial charge on any atom is 0.259 e. The fraction of sp³-hybridized carbons (Fsp3) is 0.375. The molecular formula is C16H19N3OS. The topological polar surface area (TPSA) is 54.0 Å². The van der Waals surface area contributed by atoms with Gasteiger partial charge in [-0.15, -0.1) is 11.3 Å². The molecule has 0 radical (unpaired) electrons. The number of aryl methyl sites for hydroxylation is 2. The highest BCUT2D eigenvalue weighted by atomic mass is 32.1. The van der Waals surface area contributed by atoms with Gasteiger partial charge in [-0.25, -0.2) is 4.98 Å². The Morgan fingerprint density at radius 2 is 2.19 bits per heavy atom. The Balaban J connectivity index is 1.75. The molecule has 2 N–H and O–H groups in total. The molecule has 1 amide bonds. The van der Waals surface area contributed by atoms with Crippen molar-refractivity contribution >= 4 is 28.1 Å². The number of carbonyl (C=O) groups excluding carboxylic acids is 1. The summed E-state index contributed by atoms with van der Waals surface area (Å²) in [4.78, 5) is 18.3. The van der Waals surface area contributed by atoms with Gasteiger partial charge in [-0.05, 0) is 37.8 Å². The summed E-state index contributed by atoms with van der Waals surface area (Å²) in [7, 11) is 0. The molecule has 1 aliphatic rings. The molecule has 0 spiro atoms. The molecule has 0 saturated carbocycles. The molecule has 0 bridgehead atoms. The number of nitrogens with one attached hydrogen (secondary N) is 2. The van der Waals surface area contributed by atoms with Gasteiger partial charge in [-0.1, -0.05) is 19.1 Å². The second-order valence-electron chi connectivity index (χ2n) is 5.17. The summed E-state index contributed by atoms with van der Waals surface area (Å²) in [6.45, 7) is 2.96. The summed E-state index contributed by atoms with van der Waals surface area (Å²) in [6, 6.07) is 7.60. The molecule has 2 aromatic rings. The Kier molecular flexibility index (Phi) is 4.20. The molecule has 4 nitrogen and oxygen atoms in total.